The fraction of sp³-hybridized carbons (Fsp3) is 0.364. The number of halogens is 1. The molecule has 0 radical (unpaired) electrons. The third-order valence-electron chi connectivity index (χ3n) is 2.54. The summed E-state index contributed by atoms with van der Waals surface area (Å²) in [7, 11) is 0. The summed E-state index contributed by atoms with van der Waals surface area (Å²) in [6.07, 6.45) is 0. The zero-order chi connectivity index (χ0) is 11.5. The summed E-state index contributed by atoms with van der Waals surface area (Å²) in [5.74, 6) is -0.407. The lowest BCUT2D eigenvalue weighted by Gasteiger charge is -2.29. The van der Waals surface area contributed by atoms with E-state index in [-0.39, 0.29) is 0 Å². The van der Waals surface area contributed by atoms with Crippen LogP contribution in [0.15, 0.2) is 22.7 Å². The first-order valence-electron chi connectivity index (χ1n) is 5.10. The van der Waals surface area contributed by atoms with Crippen molar-refractivity contribution >= 4 is 27.5 Å². The molecular weight excluding hydrogens is 272 g/mol. The average molecular weight is 285 g/mol. The van der Waals surface area contributed by atoms with Crippen molar-refractivity contribution in [2.75, 3.05) is 31.2 Å². The summed E-state index contributed by atoms with van der Waals surface area (Å²) in [4.78, 5) is 13.3. The van der Waals surface area contributed by atoms with Gasteiger partial charge in [-0.3, -0.25) is 4.79 Å². The summed E-state index contributed by atoms with van der Waals surface area (Å²) in [5, 5.41) is 0. The van der Waals surface area contributed by atoms with Gasteiger partial charge in [-0.25, -0.2) is 0 Å². The predicted octanol–water partition coefficient (Wildman–Crippen LogP) is 1.38. The van der Waals surface area contributed by atoms with E-state index in [2.05, 4.69) is 20.8 Å². The standard InChI is InChI=1S/C11H13BrN2O2/c12-9-5-8(11(13)15)6-10(7-9)14-1-3-16-4-2-14/h5-7H,1-4H2,(H2,13,15). The number of primary amides is 1. The highest BCUT2D eigenvalue weighted by atomic mass is 79.9. The maximum absolute atomic E-state index is 11.1. The van der Waals surface area contributed by atoms with Crippen molar-refractivity contribution in [3.63, 3.8) is 0 Å². The van der Waals surface area contributed by atoms with Gasteiger partial charge in [0.05, 0.1) is 13.2 Å². The molecule has 4 nitrogen and oxygen atoms in total. The molecule has 1 aromatic carbocycles. The van der Waals surface area contributed by atoms with Crippen LogP contribution < -0.4 is 10.6 Å². The Kier molecular flexibility index (Phi) is 3.46. The molecule has 1 aliphatic heterocycles. The first-order valence-corrected chi connectivity index (χ1v) is 5.89. The molecule has 0 spiro atoms. The van der Waals surface area contributed by atoms with Gasteiger partial charge in [-0.15, -0.1) is 0 Å². The quantitative estimate of drug-likeness (QED) is 0.893. The summed E-state index contributed by atoms with van der Waals surface area (Å²) < 4.78 is 6.15. The Hall–Kier alpha value is -1.07. The molecule has 1 saturated heterocycles. The van der Waals surface area contributed by atoms with Crippen molar-refractivity contribution in [1.29, 1.82) is 0 Å². The monoisotopic (exact) mass is 284 g/mol. The van der Waals surface area contributed by atoms with Crippen LogP contribution in [0.1, 0.15) is 10.4 Å². The molecule has 5 heteroatoms. The maximum atomic E-state index is 11.1. The lowest BCUT2D eigenvalue weighted by atomic mass is 10.1. The summed E-state index contributed by atoms with van der Waals surface area (Å²) >= 11 is 3.38. The van der Waals surface area contributed by atoms with Crippen LogP contribution in [-0.2, 0) is 4.74 Å². The highest BCUT2D eigenvalue weighted by Crippen LogP contribution is 2.23. The van der Waals surface area contributed by atoms with Crippen LogP contribution in [0.3, 0.4) is 0 Å². The normalized spacial score (nSPS) is 16.2. The Balaban J connectivity index is 2.28. The second kappa shape index (κ2) is 4.84. The lowest BCUT2D eigenvalue weighted by molar-refractivity contribution is 0.1000. The Labute approximate surface area is 102 Å². The van der Waals surface area contributed by atoms with Crippen molar-refractivity contribution < 1.29 is 9.53 Å². The molecule has 86 valence electrons. The molecule has 2 rings (SSSR count). The molecular formula is C11H13BrN2O2. The van der Waals surface area contributed by atoms with Crippen molar-refractivity contribution in [3.8, 4) is 0 Å². The van der Waals surface area contributed by atoms with Crippen LogP contribution in [0.5, 0.6) is 0 Å². The zero-order valence-electron chi connectivity index (χ0n) is 8.78. The Morgan fingerprint density at radius 2 is 2.00 bits per heavy atom. The maximum Gasteiger partial charge on any atom is 0.248 e. The van der Waals surface area contributed by atoms with Crippen LogP contribution in [0.4, 0.5) is 5.69 Å². The fourth-order valence-electron chi connectivity index (χ4n) is 1.72. The van der Waals surface area contributed by atoms with E-state index in [9.17, 15) is 4.79 Å². The van der Waals surface area contributed by atoms with Crippen molar-refractivity contribution in [3.05, 3.63) is 28.2 Å². The average Bonchev–Trinajstić information content (AvgIpc) is 2.29. The van der Waals surface area contributed by atoms with Gasteiger partial charge in [-0.05, 0) is 18.2 Å². The number of nitrogens with zero attached hydrogens (tertiary/aromatic N) is 1. The second-order valence-electron chi connectivity index (χ2n) is 3.66. The van der Waals surface area contributed by atoms with E-state index in [4.69, 9.17) is 10.5 Å². The summed E-state index contributed by atoms with van der Waals surface area (Å²) in [5.41, 5.74) is 6.81. The topological polar surface area (TPSA) is 55.6 Å². The van der Waals surface area contributed by atoms with Crippen LogP contribution >= 0.6 is 15.9 Å². The van der Waals surface area contributed by atoms with Gasteiger partial charge in [0.2, 0.25) is 5.91 Å². The molecule has 16 heavy (non-hydrogen) atoms. The van der Waals surface area contributed by atoms with Gasteiger partial charge < -0.3 is 15.4 Å². The van der Waals surface area contributed by atoms with Gasteiger partial charge in [0.1, 0.15) is 0 Å². The molecule has 1 aromatic rings. The smallest absolute Gasteiger partial charge is 0.248 e. The largest absolute Gasteiger partial charge is 0.378 e. The minimum absolute atomic E-state index is 0.407. The molecule has 0 unspecified atom stereocenters. The molecule has 0 atom stereocenters. The van der Waals surface area contributed by atoms with Gasteiger partial charge in [0.15, 0.2) is 0 Å². The molecule has 1 aliphatic rings. The van der Waals surface area contributed by atoms with Crippen LogP contribution in [0.2, 0.25) is 0 Å². The van der Waals surface area contributed by atoms with Crippen LogP contribution in [0, 0.1) is 0 Å². The first-order chi connectivity index (χ1) is 7.66. The Morgan fingerprint density at radius 1 is 1.31 bits per heavy atom. The van der Waals surface area contributed by atoms with E-state index >= 15 is 0 Å². The minimum Gasteiger partial charge on any atom is -0.378 e. The Morgan fingerprint density at radius 3 is 2.62 bits per heavy atom. The van der Waals surface area contributed by atoms with Gasteiger partial charge in [0, 0.05) is 28.8 Å². The fourth-order valence-corrected chi connectivity index (χ4v) is 2.20. The lowest BCUT2D eigenvalue weighted by Crippen LogP contribution is -2.36. The number of amides is 1. The van der Waals surface area contributed by atoms with E-state index in [0.717, 1.165) is 36.5 Å². The molecule has 1 fully saturated rings. The third-order valence-corrected chi connectivity index (χ3v) is 3.00. The van der Waals surface area contributed by atoms with Gasteiger partial charge in [-0.2, -0.15) is 0 Å². The number of carbonyl (C=O) groups excluding carboxylic acids is 1. The molecule has 0 aromatic heterocycles. The molecule has 0 saturated carbocycles. The Bertz CT molecular complexity index is 403. The number of anilines is 1. The van der Waals surface area contributed by atoms with Crippen molar-refractivity contribution in [2.45, 2.75) is 0 Å². The minimum atomic E-state index is -0.407. The number of morpholine rings is 1. The number of ether oxygens (including phenoxy) is 1. The van der Waals surface area contributed by atoms with E-state index in [0.29, 0.717) is 5.56 Å². The van der Waals surface area contributed by atoms with E-state index in [1.165, 1.54) is 0 Å². The van der Waals surface area contributed by atoms with Gasteiger partial charge >= 0.3 is 0 Å². The second-order valence-corrected chi connectivity index (χ2v) is 4.58. The number of hydrogen-bond donors (Lipinski definition) is 1. The number of benzene rings is 1. The molecule has 2 N–H and O–H groups in total. The van der Waals surface area contributed by atoms with E-state index < -0.39 is 5.91 Å². The molecule has 1 heterocycles. The van der Waals surface area contributed by atoms with Crippen molar-refractivity contribution in [2.24, 2.45) is 5.73 Å². The van der Waals surface area contributed by atoms with Gasteiger partial charge in [-0.1, -0.05) is 15.9 Å². The SMILES string of the molecule is NC(=O)c1cc(Br)cc(N2CCOCC2)c1. The molecule has 0 bridgehead atoms. The summed E-state index contributed by atoms with van der Waals surface area (Å²) in [6.45, 7) is 3.13. The summed E-state index contributed by atoms with van der Waals surface area (Å²) in [6, 6.07) is 5.53. The predicted molar refractivity (Wildman–Crippen MR) is 65.7 cm³/mol. The number of carbonyl (C=O) groups is 1. The van der Waals surface area contributed by atoms with Gasteiger partial charge in [0.25, 0.3) is 0 Å². The highest BCUT2D eigenvalue weighted by molar-refractivity contribution is 9.10. The molecule has 1 amide bonds. The van der Waals surface area contributed by atoms with Crippen LogP contribution in [0.25, 0.3) is 0 Å². The zero-order valence-corrected chi connectivity index (χ0v) is 10.4. The molecule has 0 aliphatic carbocycles. The third kappa shape index (κ3) is 2.54. The van der Waals surface area contributed by atoms with Crippen molar-refractivity contribution in [1.82, 2.24) is 0 Å². The number of hydrogen-bond acceptors (Lipinski definition) is 3. The first kappa shape index (κ1) is 11.4. The highest BCUT2D eigenvalue weighted by Gasteiger charge is 2.13. The van der Waals surface area contributed by atoms with Crippen LogP contribution in [-0.4, -0.2) is 32.2 Å². The number of rotatable bonds is 2. The van der Waals surface area contributed by atoms with E-state index in [1.807, 2.05) is 12.1 Å². The van der Waals surface area contributed by atoms with E-state index in [1.54, 1.807) is 6.07 Å². The number of nitrogens with two attached hydrogens (primary N) is 1.